The van der Waals surface area contributed by atoms with E-state index in [9.17, 15) is 9.90 Å². The lowest BCUT2D eigenvalue weighted by Crippen LogP contribution is -2.13. The predicted octanol–water partition coefficient (Wildman–Crippen LogP) is 6.84. The van der Waals surface area contributed by atoms with Crippen LogP contribution >= 0.6 is 23.2 Å². The molecule has 0 bridgehead atoms. The Morgan fingerprint density at radius 1 is 1.14 bits per heavy atom. The number of nitrogens with one attached hydrogen (secondary N) is 1. The highest BCUT2D eigenvalue weighted by Crippen LogP contribution is 2.43. The summed E-state index contributed by atoms with van der Waals surface area (Å²) in [6, 6.07) is 8.55. The lowest BCUT2D eigenvalue weighted by molar-refractivity contribution is 0.102. The van der Waals surface area contributed by atoms with Gasteiger partial charge in [-0.2, -0.15) is 0 Å². The van der Waals surface area contributed by atoms with E-state index in [1.54, 1.807) is 24.3 Å². The Labute approximate surface area is 179 Å². The van der Waals surface area contributed by atoms with E-state index >= 15 is 0 Å². The second-order valence-corrected chi connectivity index (χ2v) is 8.41. The minimum absolute atomic E-state index is 0.0836. The normalized spacial score (nSPS) is 15.0. The molecule has 1 aromatic heterocycles. The van der Waals surface area contributed by atoms with Gasteiger partial charge >= 0.3 is 0 Å². The summed E-state index contributed by atoms with van der Waals surface area (Å²) in [7, 11) is 0. The number of carbonyl (C=O) groups excluding carboxylic acids is 1. The minimum Gasteiger partial charge on any atom is -0.459 e. The van der Waals surface area contributed by atoms with Crippen molar-refractivity contribution >= 4 is 45.8 Å². The zero-order valence-electron chi connectivity index (χ0n) is 16.2. The first-order chi connectivity index (χ1) is 14.0. The van der Waals surface area contributed by atoms with Crippen LogP contribution in [0.4, 0.5) is 5.69 Å². The largest absolute Gasteiger partial charge is 0.459 e. The molecule has 1 aliphatic rings. The molecule has 0 atom stereocenters. The number of amides is 1. The molecule has 1 saturated carbocycles. The number of aliphatic hydroxyl groups is 1. The zero-order chi connectivity index (χ0) is 20.5. The fraction of sp³-hybridized carbons (Fsp3) is 0.348. The van der Waals surface area contributed by atoms with Gasteiger partial charge in [-0.15, -0.1) is 0 Å². The number of furan rings is 1. The number of hydrogen-bond donors (Lipinski definition) is 2. The Morgan fingerprint density at radius 3 is 2.48 bits per heavy atom. The van der Waals surface area contributed by atoms with Crippen molar-refractivity contribution in [3.8, 4) is 0 Å². The zero-order valence-corrected chi connectivity index (χ0v) is 17.7. The molecule has 0 radical (unpaired) electrons. The molecule has 6 heteroatoms. The molecule has 29 heavy (non-hydrogen) atoms. The van der Waals surface area contributed by atoms with Crippen molar-refractivity contribution in [3.63, 3.8) is 0 Å². The van der Waals surface area contributed by atoms with Gasteiger partial charge in [-0.05, 0) is 49.4 Å². The van der Waals surface area contributed by atoms with E-state index in [1.807, 2.05) is 13.0 Å². The fourth-order valence-corrected chi connectivity index (χ4v) is 4.99. The maximum atomic E-state index is 12.9. The van der Waals surface area contributed by atoms with Gasteiger partial charge < -0.3 is 14.8 Å². The van der Waals surface area contributed by atoms with E-state index in [0.29, 0.717) is 17.2 Å². The van der Waals surface area contributed by atoms with E-state index in [4.69, 9.17) is 27.6 Å². The number of benzene rings is 2. The van der Waals surface area contributed by atoms with Gasteiger partial charge in [-0.3, -0.25) is 4.79 Å². The van der Waals surface area contributed by atoms with Gasteiger partial charge in [0.05, 0.1) is 27.9 Å². The van der Waals surface area contributed by atoms with Crippen LogP contribution < -0.4 is 5.32 Å². The summed E-state index contributed by atoms with van der Waals surface area (Å²) in [4.78, 5) is 12.9. The summed E-state index contributed by atoms with van der Waals surface area (Å²) >= 11 is 12.4. The molecule has 1 aliphatic carbocycles. The second-order valence-electron chi connectivity index (χ2n) is 7.59. The summed E-state index contributed by atoms with van der Waals surface area (Å²) in [6.45, 7) is 1.88. The van der Waals surface area contributed by atoms with Gasteiger partial charge in [-0.25, -0.2) is 0 Å². The predicted molar refractivity (Wildman–Crippen MR) is 117 cm³/mol. The Kier molecular flexibility index (Phi) is 5.86. The second kappa shape index (κ2) is 8.39. The highest BCUT2D eigenvalue weighted by Gasteiger charge is 2.26. The molecule has 0 saturated heterocycles. The molecule has 0 unspecified atom stereocenters. The van der Waals surface area contributed by atoms with Crippen LogP contribution in [0.25, 0.3) is 11.0 Å². The topological polar surface area (TPSA) is 62.5 Å². The molecule has 4 rings (SSSR count). The summed E-state index contributed by atoms with van der Waals surface area (Å²) in [6.07, 6.45) is 5.90. The first-order valence-electron chi connectivity index (χ1n) is 9.92. The minimum atomic E-state index is -0.396. The monoisotopic (exact) mass is 431 g/mol. The quantitative estimate of drug-likeness (QED) is 0.475. The molecule has 152 valence electrons. The van der Waals surface area contributed by atoms with Crippen molar-refractivity contribution in [1.82, 2.24) is 0 Å². The first-order valence-corrected chi connectivity index (χ1v) is 10.7. The molecule has 1 amide bonds. The van der Waals surface area contributed by atoms with Crippen LogP contribution in [-0.2, 0) is 6.61 Å². The summed E-state index contributed by atoms with van der Waals surface area (Å²) in [5.74, 6) is 0.866. The Hall–Kier alpha value is -2.01. The average Bonchev–Trinajstić information content (AvgIpc) is 3.06. The van der Waals surface area contributed by atoms with Crippen molar-refractivity contribution in [3.05, 3.63) is 62.8 Å². The van der Waals surface area contributed by atoms with Gasteiger partial charge in [0, 0.05) is 10.9 Å². The molecule has 2 aromatic carbocycles. The van der Waals surface area contributed by atoms with Crippen LogP contribution in [0.2, 0.25) is 10.0 Å². The highest BCUT2D eigenvalue weighted by atomic mass is 35.5. The average molecular weight is 432 g/mol. The summed E-state index contributed by atoms with van der Waals surface area (Å²) in [5, 5.41) is 14.3. The van der Waals surface area contributed by atoms with Crippen molar-refractivity contribution in [2.24, 2.45) is 0 Å². The number of halogens is 2. The SMILES string of the molecule is Cc1oc2c(NC(=O)c3c(Cl)cccc3Cl)ccc(CO)c2c1C1CCCCC1. The molecule has 4 nitrogen and oxygen atoms in total. The number of anilines is 1. The van der Waals surface area contributed by atoms with Crippen LogP contribution in [0.15, 0.2) is 34.7 Å². The van der Waals surface area contributed by atoms with E-state index in [0.717, 1.165) is 35.1 Å². The number of hydrogen-bond acceptors (Lipinski definition) is 3. The fourth-order valence-electron chi connectivity index (χ4n) is 4.42. The molecule has 1 heterocycles. The molecule has 1 fully saturated rings. The van der Waals surface area contributed by atoms with E-state index in [2.05, 4.69) is 5.32 Å². The van der Waals surface area contributed by atoms with E-state index in [1.165, 1.54) is 19.3 Å². The van der Waals surface area contributed by atoms with Gasteiger partial charge in [0.1, 0.15) is 5.76 Å². The molecule has 2 N–H and O–H groups in total. The Balaban J connectivity index is 1.79. The van der Waals surface area contributed by atoms with Crippen LogP contribution in [0.3, 0.4) is 0 Å². The lowest BCUT2D eigenvalue weighted by Gasteiger charge is -2.22. The molecular weight excluding hydrogens is 409 g/mol. The maximum absolute atomic E-state index is 12.9. The van der Waals surface area contributed by atoms with Crippen LogP contribution in [0, 0.1) is 6.92 Å². The van der Waals surface area contributed by atoms with Crippen molar-refractivity contribution < 1.29 is 14.3 Å². The summed E-state index contributed by atoms with van der Waals surface area (Å²) < 4.78 is 6.13. The summed E-state index contributed by atoms with van der Waals surface area (Å²) in [5.41, 5.74) is 3.34. The number of carbonyl (C=O) groups is 1. The third-order valence-corrected chi connectivity index (χ3v) is 6.40. The molecule has 0 spiro atoms. The molecule has 0 aliphatic heterocycles. The van der Waals surface area contributed by atoms with Crippen molar-refractivity contribution in [1.29, 1.82) is 0 Å². The standard InChI is InChI=1S/C23H23Cl2NO3/c1-13-19(14-6-3-2-4-7-14)20-15(12-27)10-11-18(22(20)29-13)26-23(28)21-16(24)8-5-9-17(21)25/h5,8-11,14,27H,2-4,6-7,12H2,1H3,(H,26,28). The van der Waals surface area contributed by atoms with Crippen molar-refractivity contribution in [2.45, 2.75) is 51.6 Å². The van der Waals surface area contributed by atoms with E-state index in [-0.39, 0.29) is 22.2 Å². The molecular formula is C23H23Cl2NO3. The van der Waals surface area contributed by atoms with Crippen LogP contribution in [-0.4, -0.2) is 11.0 Å². The maximum Gasteiger partial charge on any atom is 0.258 e. The molecule has 3 aromatic rings. The number of rotatable bonds is 4. The Bertz CT molecular complexity index is 1050. The van der Waals surface area contributed by atoms with Gasteiger partial charge in [0.2, 0.25) is 0 Å². The Morgan fingerprint density at radius 2 is 1.83 bits per heavy atom. The van der Waals surface area contributed by atoms with Crippen LogP contribution in [0.1, 0.15) is 65.3 Å². The van der Waals surface area contributed by atoms with Crippen molar-refractivity contribution in [2.75, 3.05) is 5.32 Å². The lowest BCUT2D eigenvalue weighted by atomic mass is 9.82. The van der Waals surface area contributed by atoms with Gasteiger partial charge in [0.25, 0.3) is 5.91 Å². The van der Waals surface area contributed by atoms with Gasteiger partial charge in [0.15, 0.2) is 5.58 Å². The first kappa shape index (κ1) is 20.3. The van der Waals surface area contributed by atoms with Gasteiger partial charge in [-0.1, -0.05) is 54.6 Å². The number of fused-ring (bicyclic) bond motifs is 1. The third kappa shape index (κ3) is 3.77. The third-order valence-electron chi connectivity index (χ3n) is 5.77. The van der Waals surface area contributed by atoms with E-state index < -0.39 is 5.91 Å². The number of aliphatic hydroxyl groups excluding tert-OH is 1. The smallest absolute Gasteiger partial charge is 0.258 e. The van der Waals surface area contributed by atoms with Crippen LogP contribution in [0.5, 0.6) is 0 Å². The highest BCUT2D eigenvalue weighted by molar-refractivity contribution is 6.40. The number of aryl methyl sites for hydroxylation is 1.